The topological polar surface area (TPSA) is 67.2 Å². The first-order chi connectivity index (χ1) is 8.50. The maximum Gasteiger partial charge on any atom is 0.293 e. The van der Waals surface area contributed by atoms with Crippen molar-refractivity contribution in [2.24, 2.45) is 13.0 Å². The predicted octanol–water partition coefficient (Wildman–Crippen LogP) is 1.13. The lowest BCUT2D eigenvalue weighted by atomic mass is 9.79. The highest BCUT2D eigenvalue weighted by Gasteiger charge is 2.32. The Hall–Kier alpha value is -1.36. The molecule has 0 aromatic carbocycles. The molecule has 0 bridgehead atoms. The smallest absolute Gasteiger partial charge is 0.293 e. The zero-order valence-corrected chi connectivity index (χ0v) is 11.0. The summed E-state index contributed by atoms with van der Waals surface area (Å²) in [5.41, 5.74) is -0.870. The molecule has 1 heterocycles. The standard InChI is InChI=1S/C13H21N3O2/c1-10-4-3-5-13(18,8-10)9-15-11-12(17)16(2)7-6-14-11/h6-7,10,18H,3-5,8-9H2,1-2H3,(H,14,15). The second-order valence-electron chi connectivity index (χ2n) is 5.47. The van der Waals surface area contributed by atoms with E-state index >= 15 is 0 Å². The quantitative estimate of drug-likeness (QED) is 0.845. The van der Waals surface area contributed by atoms with Crippen LogP contribution in [-0.4, -0.2) is 26.8 Å². The molecule has 2 N–H and O–H groups in total. The van der Waals surface area contributed by atoms with Crippen molar-refractivity contribution in [2.45, 2.75) is 38.2 Å². The molecule has 18 heavy (non-hydrogen) atoms. The fourth-order valence-electron chi connectivity index (χ4n) is 2.66. The molecule has 0 spiro atoms. The minimum atomic E-state index is -0.708. The summed E-state index contributed by atoms with van der Waals surface area (Å²) < 4.78 is 1.48. The number of aryl methyl sites for hydroxylation is 1. The minimum absolute atomic E-state index is 0.162. The van der Waals surface area contributed by atoms with Crippen molar-refractivity contribution in [3.05, 3.63) is 22.7 Å². The molecule has 1 aromatic heterocycles. The van der Waals surface area contributed by atoms with Gasteiger partial charge in [0.15, 0.2) is 5.82 Å². The molecule has 2 atom stereocenters. The summed E-state index contributed by atoms with van der Waals surface area (Å²) in [7, 11) is 1.69. The average Bonchev–Trinajstić information content (AvgIpc) is 2.31. The van der Waals surface area contributed by atoms with E-state index in [-0.39, 0.29) is 5.56 Å². The van der Waals surface area contributed by atoms with Gasteiger partial charge in [-0.05, 0) is 18.8 Å². The van der Waals surface area contributed by atoms with Crippen molar-refractivity contribution in [1.29, 1.82) is 0 Å². The van der Waals surface area contributed by atoms with Gasteiger partial charge in [-0.15, -0.1) is 0 Å². The highest BCUT2D eigenvalue weighted by atomic mass is 16.3. The van der Waals surface area contributed by atoms with Gasteiger partial charge in [-0.1, -0.05) is 19.8 Å². The molecular weight excluding hydrogens is 230 g/mol. The fraction of sp³-hybridized carbons (Fsp3) is 0.692. The largest absolute Gasteiger partial charge is 0.388 e. The number of nitrogens with one attached hydrogen (secondary N) is 1. The van der Waals surface area contributed by atoms with Gasteiger partial charge >= 0.3 is 0 Å². The molecule has 0 aliphatic heterocycles. The van der Waals surface area contributed by atoms with Gasteiger partial charge in [-0.2, -0.15) is 0 Å². The monoisotopic (exact) mass is 251 g/mol. The van der Waals surface area contributed by atoms with Crippen LogP contribution in [0.15, 0.2) is 17.2 Å². The summed E-state index contributed by atoms with van der Waals surface area (Å²) in [4.78, 5) is 15.8. The van der Waals surface area contributed by atoms with E-state index in [1.807, 2.05) is 0 Å². The van der Waals surface area contributed by atoms with Crippen LogP contribution in [0.4, 0.5) is 5.82 Å². The molecule has 5 nitrogen and oxygen atoms in total. The number of anilines is 1. The van der Waals surface area contributed by atoms with E-state index in [1.54, 1.807) is 19.4 Å². The normalized spacial score (nSPS) is 28.1. The van der Waals surface area contributed by atoms with Gasteiger partial charge in [0.1, 0.15) is 0 Å². The Morgan fingerprint density at radius 2 is 2.44 bits per heavy atom. The Kier molecular flexibility index (Phi) is 3.71. The van der Waals surface area contributed by atoms with Crippen molar-refractivity contribution in [1.82, 2.24) is 9.55 Å². The van der Waals surface area contributed by atoms with Gasteiger partial charge in [-0.25, -0.2) is 4.98 Å². The summed E-state index contributed by atoms with van der Waals surface area (Å²) in [6, 6.07) is 0. The van der Waals surface area contributed by atoms with Crippen LogP contribution in [0.2, 0.25) is 0 Å². The van der Waals surface area contributed by atoms with Crippen LogP contribution in [0.25, 0.3) is 0 Å². The SMILES string of the molecule is CC1CCCC(O)(CNc2nccn(C)c2=O)C1. The molecule has 0 amide bonds. The van der Waals surface area contributed by atoms with Crippen molar-refractivity contribution >= 4 is 5.82 Å². The molecule has 1 aliphatic carbocycles. The van der Waals surface area contributed by atoms with Gasteiger partial charge in [0.05, 0.1) is 5.60 Å². The number of aliphatic hydroxyl groups is 1. The van der Waals surface area contributed by atoms with Gasteiger partial charge in [0.25, 0.3) is 5.56 Å². The van der Waals surface area contributed by atoms with E-state index in [4.69, 9.17) is 0 Å². The summed E-state index contributed by atoms with van der Waals surface area (Å²) in [5.74, 6) is 0.851. The molecule has 1 saturated carbocycles. The molecular formula is C13H21N3O2. The Morgan fingerprint density at radius 1 is 1.67 bits per heavy atom. The van der Waals surface area contributed by atoms with Crippen molar-refractivity contribution in [3.8, 4) is 0 Å². The predicted molar refractivity (Wildman–Crippen MR) is 70.5 cm³/mol. The van der Waals surface area contributed by atoms with E-state index < -0.39 is 5.60 Å². The van der Waals surface area contributed by atoms with Crippen LogP contribution in [0, 0.1) is 5.92 Å². The maximum absolute atomic E-state index is 11.8. The lowest BCUT2D eigenvalue weighted by Gasteiger charge is -2.35. The number of aromatic nitrogens is 2. The Labute approximate surface area is 107 Å². The minimum Gasteiger partial charge on any atom is -0.388 e. The van der Waals surface area contributed by atoms with Crippen molar-refractivity contribution in [2.75, 3.05) is 11.9 Å². The van der Waals surface area contributed by atoms with Crippen molar-refractivity contribution in [3.63, 3.8) is 0 Å². The van der Waals surface area contributed by atoms with E-state index in [2.05, 4.69) is 17.2 Å². The number of hydrogen-bond acceptors (Lipinski definition) is 4. The summed E-state index contributed by atoms with van der Waals surface area (Å²) in [5, 5.41) is 13.5. The molecule has 1 fully saturated rings. The van der Waals surface area contributed by atoms with Crippen LogP contribution in [0.5, 0.6) is 0 Å². The molecule has 0 saturated heterocycles. The molecule has 2 rings (SSSR count). The third-order valence-electron chi connectivity index (χ3n) is 3.67. The van der Waals surface area contributed by atoms with Gasteiger partial charge in [0.2, 0.25) is 0 Å². The first-order valence-electron chi connectivity index (χ1n) is 6.48. The van der Waals surface area contributed by atoms with Crippen molar-refractivity contribution < 1.29 is 5.11 Å². The molecule has 2 unspecified atom stereocenters. The first-order valence-corrected chi connectivity index (χ1v) is 6.48. The van der Waals surface area contributed by atoms with E-state index in [9.17, 15) is 9.90 Å². The van der Waals surface area contributed by atoms with Crippen LogP contribution in [-0.2, 0) is 7.05 Å². The van der Waals surface area contributed by atoms with Crippen LogP contribution < -0.4 is 10.9 Å². The average molecular weight is 251 g/mol. The number of hydrogen-bond donors (Lipinski definition) is 2. The van der Waals surface area contributed by atoms with Crippen LogP contribution in [0.3, 0.4) is 0 Å². The number of rotatable bonds is 3. The highest BCUT2D eigenvalue weighted by molar-refractivity contribution is 5.31. The van der Waals surface area contributed by atoms with Gasteiger partial charge < -0.3 is 15.0 Å². The molecule has 5 heteroatoms. The lowest BCUT2D eigenvalue weighted by Crippen LogP contribution is -2.42. The third-order valence-corrected chi connectivity index (χ3v) is 3.67. The summed E-state index contributed by atoms with van der Waals surface area (Å²) in [6.45, 7) is 2.55. The van der Waals surface area contributed by atoms with Gasteiger partial charge in [0, 0.05) is 26.0 Å². The zero-order chi connectivity index (χ0) is 13.2. The van der Waals surface area contributed by atoms with E-state index in [0.29, 0.717) is 18.3 Å². The lowest BCUT2D eigenvalue weighted by molar-refractivity contribution is -0.000852. The summed E-state index contributed by atoms with van der Waals surface area (Å²) >= 11 is 0. The van der Waals surface area contributed by atoms with E-state index in [1.165, 1.54) is 11.0 Å². The second-order valence-corrected chi connectivity index (χ2v) is 5.47. The number of nitrogens with zero attached hydrogens (tertiary/aromatic N) is 2. The van der Waals surface area contributed by atoms with Crippen LogP contribution in [0.1, 0.15) is 32.6 Å². The molecule has 1 aromatic rings. The Bertz CT molecular complexity index is 472. The van der Waals surface area contributed by atoms with Gasteiger partial charge in [-0.3, -0.25) is 4.79 Å². The maximum atomic E-state index is 11.8. The first kappa shape index (κ1) is 13.1. The fourth-order valence-corrected chi connectivity index (χ4v) is 2.66. The third kappa shape index (κ3) is 2.90. The van der Waals surface area contributed by atoms with Crippen LogP contribution >= 0.6 is 0 Å². The Morgan fingerprint density at radius 3 is 3.17 bits per heavy atom. The second kappa shape index (κ2) is 5.10. The van der Waals surface area contributed by atoms with E-state index in [0.717, 1.165) is 19.3 Å². The highest BCUT2D eigenvalue weighted by Crippen LogP contribution is 2.31. The summed E-state index contributed by atoms with van der Waals surface area (Å²) in [6.07, 6.45) is 6.99. The molecule has 0 radical (unpaired) electrons. The molecule has 1 aliphatic rings. The Balaban J connectivity index is 2.03. The zero-order valence-electron chi connectivity index (χ0n) is 11.0. The molecule has 100 valence electrons.